The van der Waals surface area contributed by atoms with Crippen LogP contribution in [0.5, 0.6) is 17.2 Å². The Morgan fingerprint density at radius 3 is 2.22 bits per heavy atom. The van der Waals surface area contributed by atoms with Gasteiger partial charge in [0.1, 0.15) is 12.4 Å². The van der Waals surface area contributed by atoms with Gasteiger partial charge in [0, 0.05) is 11.3 Å². The Bertz CT molecular complexity index is 892. The Labute approximate surface area is 158 Å². The van der Waals surface area contributed by atoms with E-state index in [2.05, 4.69) is 5.32 Å². The molecular weight excluding hydrogens is 342 g/mol. The summed E-state index contributed by atoms with van der Waals surface area (Å²) in [5.41, 5.74) is 2.27. The molecular formula is C22H21NO4. The van der Waals surface area contributed by atoms with E-state index in [1.54, 1.807) is 37.4 Å². The highest BCUT2D eigenvalue weighted by molar-refractivity contribution is 6.04. The zero-order valence-electron chi connectivity index (χ0n) is 15.3. The molecule has 0 aromatic heterocycles. The van der Waals surface area contributed by atoms with Gasteiger partial charge in [-0.15, -0.1) is 0 Å². The van der Waals surface area contributed by atoms with Crippen molar-refractivity contribution in [3.8, 4) is 17.2 Å². The summed E-state index contributed by atoms with van der Waals surface area (Å²) in [6.45, 7) is 0.498. The molecule has 0 spiro atoms. The second-order valence-electron chi connectivity index (χ2n) is 5.82. The van der Waals surface area contributed by atoms with Gasteiger partial charge in [-0.3, -0.25) is 4.79 Å². The molecule has 5 nitrogen and oxygen atoms in total. The molecule has 0 radical (unpaired) electrons. The van der Waals surface area contributed by atoms with E-state index in [1.165, 1.54) is 7.11 Å². The van der Waals surface area contributed by atoms with E-state index in [9.17, 15) is 4.79 Å². The van der Waals surface area contributed by atoms with Crippen molar-refractivity contribution in [3.05, 3.63) is 83.9 Å². The summed E-state index contributed by atoms with van der Waals surface area (Å²) in [5.74, 6) is 1.60. The number of methoxy groups -OCH3 is 2. The highest BCUT2D eigenvalue weighted by atomic mass is 16.5. The zero-order chi connectivity index (χ0) is 19.1. The minimum atomic E-state index is -0.228. The first-order valence-electron chi connectivity index (χ1n) is 8.50. The van der Waals surface area contributed by atoms with E-state index in [-0.39, 0.29) is 5.91 Å². The van der Waals surface area contributed by atoms with Crippen LogP contribution >= 0.6 is 0 Å². The number of benzene rings is 3. The van der Waals surface area contributed by atoms with Crippen LogP contribution in [-0.2, 0) is 6.61 Å². The van der Waals surface area contributed by atoms with Gasteiger partial charge in [-0.2, -0.15) is 0 Å². The van der Waals surface area contributed by atoms with Gasteiger partial charge in [-0.05, 0) is 48.0 Å². The predicted octanol–water partition coefficient (Wildman–Crippen LogP) is 4.54. The molecule has 0 aliphatic heterocycles. The Kier molecular flexibility index (Phi) is 5.94. The van der Waals surface area contributed by atoms with Crippen LogP contribution in [0.2, 0.25) is 0 Å². The zero-order valence-corrected chi connectivity index (χ0v) is 15.3. The molecule has 0 atom stereocenters. The number of ether oxygens (including phenoxy) is 3. The van der Waals surface area contributed by atoms with Gasteiger partial charge in [-0.1, -0.05) is 30.3 Å². The van der Waals surface area contributed by atoms with E-state index in [1.807, 2.05) is 42.5 Å². The lowest BCUT2D eigenvalue weighted by Crippen LogP contribution is -2.12. The molecule has 5 heteroatoms. The van der Waals surface area contributed by atoms with Gasteiger partial charge in [0.05, 0.1) is 14.2 Å². The lowest BCUT2D eigenvalue weighted by atomic mass is 10.2. The Morgan fingerprint density at radius 1 is 0.852 bits per heavy atom. The molecule has 0 aliphatic rings. The molecule has 3 rings (SSSR count). The molecule has 0 saturated heterocycles. The lowest BCUT2D eigenvalue weighted by molar-refractivity contribution is 0.102. The molecule has 3 aromatic rings. The first kappa shape index (κ1) is 18.3. The maximum atomic E-state index is 12.4. The molecule has 0 saturated carbocycles. The van der Waals surface area contributed by atoms with Crippen molar-refractivity contribution >= 4 is 11.6 Å². The fourth-order valence-electron chi connectivity index (χ4n) is 2.56. The summed E-state index contributed by atoms with van der Waals surface area (Å²) >= 11 is 0. The van der Waals surface area contributed by atoms with Crippen LogP contribution in [0.15, 0.2) is 72.8 Å². The molecule has 3 aromatic carbocycles. The maximum Gasteiger partial charge on any atom is 0.255 e. The monoisotopic (exact) mass is 363 g/mol. The number of anilines is 1. The third kappa shape index (κ3) is 4.79. The topological polar surface area (TPSA) is 56.8 Å². The van der Waals surface area contributed by atoms with Gasteiger partial charge >= 0.3 is 0 Å². The fourth-order valence-corrected chi connectivity index (χ4v) is 2.56. The SMILES string of the molecule is COc1ccc(C(=O)Nc2ccc(OCc3ccccc3)cc2)cc1OC. The Morgan fingerprint density at radius 2 is 1.56 bits per heavy atom. The third-order valence-corrected chi connectivity index (χ3v) is 4.01. The number of carbonyl (C=O) groups excluding carboxylic acids is 1. The van der Waals surface area contributed by atoms with Gasteiger partial charge in [0.2, 0.25) is 0 Å². The minimum absolute atomic E-state index is 0.228. The largest absolute Gasteiger partial charge is 0.493 e. The summed E-state index contributed by atoms with van der Waals surface area (Å²) in [6, 6.07) is 22.2. The minimum Gasteiger partial charge on any atom is -0.493 e. The van der Waals surface area contributed by atoms with E-state index in [4.69, 9.17) is 14.2 Å². The van der Waals surface area contributed by atoms with Crippen molar-refractivity contribution in [1.29, 1.82) is 0 Å². The smallest absolute Gasteiger partial charge is 0.255 e. The number of hydrogen-bond donors (Lipinski definition) is 1. The third-order valence-electron chi connectivity index (χ3n) is 4.01. The predicted molar refractivity (Wildman–Crippen MR) is 105 cm³/mol. The first-order chi connectivity index (χ1) is 13.2. The molecule has 27 heavy (non-hydrogen) atoms. The molecule has 138 valence electrons. The second kappa shape index (κ2) is 8.76. The first-order valence-corrected chi connectivity index (χ1v) is 8.50. The van der Waals surface area contributed by atoms with Crippen LogP contribution in [0, 0.1) is 0 Å². The van der Waals surface area contributed by atoms with Crippen molar-refractivity contribution in [2.75, 3.05) is 19.5 Å². The Balaban J connectivity index is 1.61. The van der Waals surface area contributed by atoms with Crippen molar-refractivity contribution < 1.29 is 19.0 Å². The second-order valence-corrected chi connectivity index (χ2v) is 5.82. The summed E-state index contributed by atoms with van der Waals surface area (Å²) in [4.78, 5) is 12.4. The normalized spacial score (nSPS) is 10.1. The highest BCUT2D eigenvalue weighted by Gasteiger charge is 2.11. The summed E-state index contributed by atoms with van der Waals surface area (Å²) in [5, 5.41) is 2.86. The Hall–Kier alpha value is -3.47. The van der Waals surface area contributed by atoms with Crippen molar-refractivity contribution in [1.82, 2.24) is 0 Å². The van der Waals surface area contributed by atoms with E-state index < -0.39 is 0 Å². The van der Waals surface area contributed by atoms with Crippen LogP contribution in [0.25, 0.3) is 0 Å². The van der Waals surface area contributed by atoms with E-state index in [0.29, 0.717) is 29.4 Å². The van der Waals surface area contributed by atoms with Crippen LogP contribution in [-0.4, -0.2) is 20.1 Å². The standard InChI is InChI=1S/C22H21NO4/c1-25-20-13-8-17(14-21(20)26-2)22(24)23-18-9-11-19(12-10-18)27-15-16-6-4-3-5-7-16/h3-14H,15H2,1-2H3,(H,23,24). The van der Waals surface area contributed by atoms with Crippen LogP contribution < -0.4 is 19.5 Å². The molecule has 1 N–H and O–H groups in total. The van der Waals surface area contributed by atoms with Crippen LogP contribution in [0.1, 0.15) is 15.9 Å². The average Bonchev–Trinajstić information content (AvgIpc) is 2.73. The summed E-state index contributed by atoms with van der Waals surface area (Å²) in [7, 11) is 3.09. The van der Waals surface area contributed by atoms with Gasteiger partial charge in [0.15, 0.2) is 11.5 Å². The fraction of sp³-hybridized carbons (Fsp3) is 0.136. The number of rotatable bonds is 7. The van der Waals surface area contributed by atoms with Crippen LogP contribution in [0.4, 0.5) is 5.69 Å². The lowest BCUT2D eigenvalue weighted by Gasteiger charge is -2.11. The van der Waals surface area contributed by atoms with Gasteiger partial charge in [-0.25, -0.2) is 0 Å². The van der Waals surface area contributed by atoms with Crippen LogP contribution in [0.3, 0.4) is 0 Å². The van der Waals surface area contributed by atoms with E-state index >= 15 is 0 Å². The number of carbonyl (C=O) groups is 1. The molecule has 0 aliphatic carbocycles. The van der Waals surface area contributed by atoms with Gasteiger partial charge in [0.25, 0.3) is 5.91 Å². The molecule has 0 fully saturated rings. The maximum absolute atomic E-state index is 12.4. The van der Waals surface area contributed by atoms with E-state index in [0.717, 1.165) is 11.3 Å². The molecule has 1 amide bonds. The highest BCUT2D eigenvalue weighted by Crippen LogP contribution is 2.28. The number of nitrogens with one attached hydrogen (secondary N) is 1. The quantitative estimate of drug-likeness (QED) is 0.670. The molecule has 0 bridgehead atoms. The summed E-state index contributed by atoms with van der Waals surface area (Å²) in [6.07, 6.45) is 0. The van der Waals surface area contributed by atoms with Crippen molar-refractivity contribution in [2.24, 2.45) is 0 Å². The molecule has 0 unspecified atom stereocenters. The summed E-state index contributed by atoms with van der Waals surface area (Å²) < 4.78 is 16.2. The molecule has 0 heterocycles. The van der Waals surface area contributed by atoms with Gasteiger partial charge < -0.3 is 19.5 Å². The number of hydrogen-bond acceptors (Lipinski definition) is 4. The number of amides is 1. The average molecular weight is 363 g/mol. The van der Waals surface area contributed by atoms with Crippen molar-refractivity contribution in [3.63, 3.8) is 0 Å². The van der Waals surface area contributed by atoms with Crippen molar-refractivity contribution in [2.45, 2.75) is 6.61 Å².